The first-order chi connectivity index (χ1) is 14.6. The summed E-state index contributed by atoms with van der Waals surface area (Å²) in [5.74, 6) is 0.545. The van der Waals surface area contributed by atoms with Crippen LogP contribution in [0.1, 0.15) is 63.7 Å². The van der Waals surface area contributed by atoms with Crippen LogP contribution in [0, 0.1) is 5.92 Å². The third-order valence-corrected chi connectivity index (χ3v) is 8.11. The number of sulfonamides is 1. The van der Waals surface area contributed by atoms with E-state index >= 15 is 0 Å². The number of nitrogens with one attached hydrogen (secondary N) is 2. The van der Waals surface area contributed by atoms with E-state index in [4.69, 9.17) is 4.74 Å². The van der Waals surface area contributed by atoms with Crippen molar-refractivity contribution in [3.63, 3.8) is 0 Å². The van der Waals surface area contributed by atoms with Crippen LogP contribution in [-0.2, 0) is 14.8 Å². The summed E-state index contributed by atoms with van der Waals surface area (Å²) in [5.41, 5.74) is 1.64. The highest BCUT2D eigenvalue weighted by molar-refractivity contribution is 7.90. The second-order valence-electron chi connectivity index (χ2n) is 9.36. The van der Waals surface area contributed by atoms with Crippen molar-refractivity contribution in [1.29, 1.82) is 0 Å². The van der Waals surface area contributed by atoms with Gasteiger partial charge in [-0.3, -0.25) is 4.79 Å². The highest BCUT2D eigenvalue weighted by Gasteiger charge is 2.28. The van der Waals surface area contributed by atoms with Crippen LogP contribution in [0.15, 0.2) is 24.3 Å². The first kappa shape index (κ1) is 24.0. The van der Waals surface area contributed by atoms with Gasteiger partial charge in [0.15, 0.2) is 0 Å². The van der Waals surface area contributed by atoms with Gasteiger partial charge in [0.1, 0.15) is 0 Å². The number of rotatable bonds is 7. The summed E-state index contributed by atoms with van der Waals surface area (Å²) in [5, 5.41) is 3.08. The van der Waals surface area contributed by atoms with E-state index in [1.807, 2.05) is 43.0 Å². The average Bonchev–Trinajstić information content (AvgIpc) is 2.72. The molecule has 0 radical (unpaired) electrons. The monoisotopic (exact) mass is 451 g/mol. The molecule has 8 heteroatoms. The molecule has 1 aliphatic carbocycles. The number of ether oxygens (including phenoxy) is 1. The van der Waals surface area contributed by atoms with Crippen molar-refractivity contribution in [2.75, 3.05) is 25.0 Å². The molecule has 174 valence electrons. The Kier molecular flexibility index (Phi) is 7.99. The molecule has 1 amide bonds. The van der Waals surface area contributed by atoms with Crippen LogP contribution < -0.4 is 10.0 Å². The minimum absolute atomic E-state index is 0.0444. The number of carbonyl (C=O) groups excluding carboxylic acids is 1. The van der Waals surface area contributed by atoms with E-state index in [0.29, 0.717) is 24.6 Å². The van der Waals surface area contributed by atoms with Crippen molar-refractivity contribution in [1.82, 2.24) is 9.62 Å². The first-order valence-corrected chi connectivity index (χ1v) is 13.0. The van der Waals surface area contributed by atoms with Gasteiger partial charge in [-0.05, 0) is 77.5 Å². The second-order valence-corrected chi connectivity index (χ2v) is 11.6. The van der Waals surface area contributed by atoms with Crippen LogP contribution >= 0.6 is 0 Å². The van der Waals surface area contributed by atoms with E-state index in [2.05, 4.69) is 10.0 Å². The molecule has 1 saturated carbocycles. The molecule has 0 aromatic heterocycles. The Morgan fingerprint density at radius 3 is 2.39 bits per heavy atom. The van der Waals surface area contributed by atoms with E-state index in [1.54, 1.807) is 13.8 Å². The van der Waals surface area contributed by atoms with Crippen LogP contribution in [-0.4, -0.2) is 62.4 Å². The summed E-state index contributed by atoms with van der Waals surface area (Å²) in [6, 6.07) is 7.74. The molecule has 1 aliphatic heterocycles. The molecular weight excluding hydrogens is 414 g/mol. The molecule has 1 aromatic carbocycles. The molecule has 1 heterocycles. The maximum Gasteiger partial charge on any atom is 0.254 e. The van der Waals surface area contributed by atoms with Crippen molar-refractivity contribution in [3.8, 4) is 0 Å². The van der Waals surface area contributed by atoms with E-state index in [-0.39, 0.29) is 24.2 Å². The third kappa shape index (κ3) is 6.67. The molecule has 2 fully saturated rings. The molecule has 3 rings (SSSR count). The Hall–Kier alpha value is -1.64. The molecule has 1 saturated heterocycles. The molecule has 0 bridgehead atoms. The Labute approximate surface area is 187 Å². The number of benzene rings is 1. The summed E-state index contributed by atoms with van der Waals surface area (Å²) in [6.07, 6.45) is 3.80. The van der Waals surface area contributed by atoms with Crippen molar-refractivity contribution >= 4 is 21.6 Å². The highest BCUT2D eigenvalue weighted by Crippen LogP contribution is 2.26. The Morgan fingerprint density at radius 2 is 1.77 bits per heavy atom. The fraction of sp³-hybridized carbons (Fsp3) is 0.696. The van der Waals surface area contributed by atoms with E-state index in [9.17, 15) is 13.2 Å². The number of hydrogen-bond donors (Lipinski definition) is 2. The van der Waals surface area contributed by atoms with Gasteiger partial charge < -0.3 is 15.0 Å². The van der Waals surface area contributed by atoms with Crippen LogP contribution in [0.5, 0.6) is 0 Å². The predicted octanol–water partition coefficient (Wildman–Crippen LogP) is 3.23. The van der Waals surface area contributed by atoms with E-state index < -0.39 is 15.3 Å². The van der Waals surface area contributed by atoms with Gasteiger partial charge in [0.25, 0.3) is 5.91 Å². The summed E-state index contributed by atoms with van der Waals surface area (Å²) < 4.78 is 32.7. The summed E-state index contributed by atoms with van der Waals surface area (Å²) in [6.45, 7) is 9.46. The Morgan fingerprint density at radius 1 is 1.13 bits per heavy atom. The largest absolute Gasteiger partial charge is 0.385 e. The van der Waals surface area contributed by atoms with Crippen molar-refractivity contribution in [3.05, 3.63) is 29.8 Å². The number of morpholine rings is 1. The zero-order chi connectivity index (χ0) is 22.6. The third-order valence-electron chi connectivity index (χ3n) is 6.21. The fourth-order valence-corrected chi connectivity index (χ4v) is 5.38. The lowest BCUT2D eigenvalue weighted by atomic mass is 9.86. The molecule has 2 N–H and O–H groups in total. The highest BCUT2D eigenvalue weighted by atomic mass is 32.2. The van der Waals surface area contributed by atoms with Gasteiger partial charge in [-0.1, -0.05) is 6.07 Å². The second kappa shape index (κ2) is 10.3. The van der Waals surface area contributed by atoms with Gasteiger partial charge in [-0.2, -0.15) is 0 Å². The standard InChI is InChI=1S/C23H37N3O4S/c1-16(2)31(28,29)25-21-10-8-19(9-11-21)13-24-22-7-5-6-20(12-22)23(27)26-14-17(3)30-18(4)15-26/h5-7,12,16-19,21,24-25H,8-11,13-15H2,1-4H3/t17-,18+,19-,21-. The lowest BCUT2D eigenvalue weighted by Gasteiger charge is -2.35. The SMILES string of the molecule is CC(C)S(=O)(=O)N[C@H]1CC[C@H](CNc2cccc(C(=O)N3C[C@@H](C)O[C@@H](C)C3)c2)CC1. The number of nitrogens with zero attached hydrogens (tertiary/aromatic N) is 1. The lowest BCUT2D eigenvalue weighted by molar-refractivity contribution is -0.0586. The topological polar surface area (TPSA) is 87.7 Å². The van der Waals surface area contributed by atoms with E-state index in [0.717, 1.165) is 37.9 Å². The van der Waals surface area contributed by atoms with Crippen molar-refractivity contribution < 1.29 is 17.9 Å². The van der Waals surface area contributed by atoms with Gasteiger partial charge in [-0.25, -0.2) is 13.1 Å². The number of hydrogen-bond acceptors (Lipinski definition) is 5. The molecule has 7 nitrogen and oxygen atoms in total. The van der Waals surface area contributed by atoms with Gasteiger partial charge >= 0.3 is 0 Å². The van der Waals surface area contributed by atoms with Gasteiger partial charge in [0.05, 0.1) is 17.5 Å². The van der Waals surface area contributed by atoms with Crippen molar-refractivity contribution in [2.24, 2.45) is 5.92 Å². The maximum absolute atomic E-state index is 12.9. The zero-order valence-corrected chi connectivity index (χ0v) is 20.0. The molecule has 1 aromatic rings. The summed E-state index contributed by atoms with van der Waals surface area (Å²) >= 11 is 0. The Balaban J connectivity index is 1.49. The summed E-state index contributed by atoms with van der Waals surface area (Å²) in [4.78, 5) is 14.8. The van der Waals surface area contributed by atoms with E-state index in [1.165, 1.54) is 0 Å². The number of amides is 1. The average molecular weight is 452 g/mol. The van der Waals surface area contributed by atoms with Crippen LogP contribution in [0.4, 0.5) is 5.69 Å². The molecule has 2 atom stereocenters. The van der Waals surface area contributed by atoms with Crippen LogP contribution in [0.25, 0.3) is 0 Å². The number of carbonyl (C=O) groups is 1. The number of anilines is 1. The smallest absolute Gasteiger partial charge is 0.254 e. The Bertz CT molecular complexity index is 840. The molecule has 0 unspecified atom stereocenters. The predicted molar refractivity (Wildman–Crippen MR) is 124 cm³/mol. The lowest BCUT2D eigenvalue weighted by Crippen LogP contribution is -2.48. The minimum atomic E-state index is -3.21. The molecular formula is C23H37N3O4S. The minimum Gasteiger partial charge on any atom is -0.385 e. The normalized spacial score (nSPS) is 27.3. The first-order valence-electron chi connectivity index (χ1n) is 11.4. The fourth-order valence-electron chi connectivity index (χ4n) is 4.40. The van der Waals surface area contributed by atoms with Crippen molar-refractivity contribution in [2.45, 2.75) is 76.9 Å². The summed E-state index contributed by atoms with van der Waals surface area (Å²) in [7, 11) is -3.21. The quantitative estimate of drug-likeness (QED) is 0.665. The molecule has 0 spiro atoms. The maximum atomic E-state index is 12.9. The van der Waals surface area contributed by atoms with Crippen LogP contribution in [0.2, 0.25) is 0 Å². The van der Waals surface area contributed by atoms with Gasteiger partial charge in [0, 0.05) is 36.9 Å². The van der Waals surface area contributed by atoms with Gasteiger partial charge in [0.2, 0.25) is 10.0 Å². The molecule has 2 aliphatic rings. The van der Waals surface area contributed by atoms with Gasteiger partial charge in [-0.15, -0.1) is 0 Å². The van der Waals surface area contributed by atoms with Crippen LogP contribution in [0.3, 0.4) is 0 Å². The molecule has 31 heavy (non-hydrogen) atoms. The zero-order valence-electron chi connectivity index (χ0n) is 19.1.